The topological polar surface area (TPSA) is 66.1 Å². The molecule has 5 nitrogen and oxygen atoms in total. The fraction of sp³-hybridized carbons (Fsp3) is 0.217. The van der Waals surface area contributed by atoms with Gasteiger partial charge in [-0.2, -0.15) is 0 Å². The quantitative estimate of drug-likeness (QED) is 0.572. The number of rotatable bonds is 6. The molecule has 0 fully saturated rings. The first-order valence-electron chi connectivity index (χ1n) is 9.67. The predicted octanol–water partition coefficient (Wildman–Crippen LogP) is 4.01. The summed E-state index contributed by atoms with van der Waals surface area (Å²) in [5.41, 5.74) is 10.8. The molecule has 1 atom stereocenters. The fourth-order valence-electron chi connectivity index (χ4n) is 3.55. The van der Waals surface area contributed by atoms with Gasteiger partial charge < -0.3 is 5.32 Å². The molecule has 0 aliphatic heterocycles. The summed E-state index contributed by atoms with van der Waals surface area (Å²) in [6.07, 6.45) is 5.28. The van der Waals surface area contributed by atoms with E-state index in [1.807, 2.05) is 66.9 Å². The van der Waals surface area contributed by atoms with E-state index in [1.54, 1.807) is 0 Å². The second kappa shape index (κ2) is 8.67. The van der Waals surface area contributed by atoms with Crippen molar-refractivity contribution in [2.75, 3.05) is 5.43 Å². The summed E-state index contributed by atoms with van der Waals surface area (Å²) < 4.78 is 0. The first kappa shape index (κ1) is 18.2. The molecule has 5 heteroatoms. The Labute approximate surface area is 165 Å². The lowest BCUT2D eigenvalue weighted by atomic mass is 9.92. The molecule has 4 rings (SSSR count). The molecule has 0 saturated heterocycles. The molecule has 3 N–H and O–H groups in total. The lowest BCUT2D eigenvalue weighted by Crippen LogP contribution is -2.29. The van der Waals surface area contributed by atoms with Crippen molar-refractivity contribution >= 4 is 11.6 Å². The molecular formula is C23H24N4O. The van der Waals surface area contributed by atoms with Crippen LogP contribution in [-0.2, 0) is 13.0 Å². The van der Waals surface area contributed by atoms with Crippen LogP contribution in [0.3, 0.4) is 0 Å². The number of fused-ring (bicyclic) bond motifs is 1. The van der Waals surface area contributed by atoms with Gasteiger partial charge in [-0.05, 0) is 60.7 Å². The summed E-state index contributed by atoms with van der Waals surface area (Å²) in [7, 11) is 0. The van der Waals surface area contributed by atoms with Crippen molar-refractivity contribution in [3.63, 3.8) is 0 Å². The molecule has 0 radical (unpaired) electrons. The molecule has 1 aliphatic carbocycles. The van der Waals surface area contributed by atoms with E-state index in [4.69, 9.17) is 0 Å². The largest absolute Gasteiger partial charge is 0.305 e. The van der Waals surface area contributed by atoms with Gasteiger partial charge in [0.2, 0.25) is 0 Å². The van der Waals surface area contributed by atoms with Crippen molar-refractivity contribution in [1.82, 2.24) is 15.7 Å². The van der Waals surface area contributed by atoms with Crippen LogP contribution in [0, 0.1) is 0 Å². The molecule has 1 heterocycles. The second-order valence-corrected chi connectivity index (χ2v) is 7.02. The van der Waals surface area contributed by atoms with Gasteiger partial charge in [-0.3, -0.25) is 20.6 Å². The number of nitrogens with zero attached hydrogens (tertiary/aromatic N) is 1. The standard InChI is InChI=1S/C23H24N4O/c28-23(27-26-20-8-2-1-3-9-20)19-13-11-17(12-14-19)16-25-21-10-4-6-18-7-5-15-24-22(18)21/h1-3,5,7-9,11-15,21,25-26H,4,6,10,16H2,(H,27,28). The average molecular weight is 372 g/mol. The number of aromatic nitrogens is 1. The number of carbonyl (C=O) groups is 1. The van der Waals surface area contributed by atoms with Gasteiger partial charge in [0.15, 0.2) is 0 Å². The van der Waals surface area contributed by atoms with Crippen LogP contribution in [0.1, 0.15) is 46.1 Å². The number of hydrogen-bond donors (Lipinski definition) is 3. The highest BCUT2D eigenvalue weighted by molar-refractivity contribution is 5.94. The van der Waals surface area contributed by atoms with E-state index in [2.05, 4.69) is 27.2 Å². The number of pyridine rings is 1. The fourth-order valence-corrected chi connectivity index (χ4v) is 3.55. The van der Waals surface area contributed by atoms with Gasteiger partial charge in [0.1, 0.15) is 0 Å². The normalized spacial score (nSPS) is 15.5. The molecule has 142 valence electrons. The van der Waals surface area contributed by atoms with Crippen molar-refractivity contribution < 1.29 is 4.79 Å². The van der Waals surface area contributed by atoms with Crippen molar-refractivity contribution in [1.29, 1.82) is 0 Å². The third kappa shape index (κ3) is 4.38. The number of carbonyl (C=O) groups excluding carboxylic acids is 1. The van der Waals surface area contributed by atoms with Crippen LogP contribution in [0.2, 0.25) is 0 Å². The van der Waals surface area contributed by atoms with Crippen LogP contribution in [0.4, 0.5) is 5.69 Å². The van der Waals surface area contributed by atoms with Gasteiger partial charge in [-0.1, -0.05) is 36.4 Å². The van der Waals surface area contributed by atoms with Crippen molar-refractivity contribution in [2.24, 2.45) is 0 Å². The molecule has 3 aromatic rings. The third-order valence-electron chi connectivity index (χ3n) is 5.06. The SMILES string of the molecule is O=C(NNc1ccccc1)c1ccc(CNC2CCCc3cccnc32)cc1. The van der Waals surface area contributed by atoms with Crippen molar-refractivity contribution in [2.45, 2.75) is 31.8 Å². The van der Waals surface area contributed by atoms with Gasteiger partial charge in [-0.15, -0.1) is 0 Å². The maximum absolute atomic E-state index is 12.3. The van der Waals surface area contributed by atoms with Gasteiger partial charge in [-0.25, -0.2) is 0 Å². The minimum absolute atomic E-state index is 0.159. The Balaban J connectivity index is 1.32. The Bertz CT molecular complexity index is 925. The summed E-state index contributed by atoms with van der Waals surface area (Å²) in [4.78, 5) is 16.8. The molecule has 1 amide bonds. The van der Waals surface area contributed by atoms with Gasteiger partial charge in [0.25, 0.3) is 5.91 Å². The molecule has 1 aromatic heterocycles. The Morgan fingerprint density at radius 3 is 2.64 bits per heavy atom. The molecule has 28 heavy (non-hydrogen) atoms. The van der Waals surface area contributed by atoms with Gasteiger partial charge >= 0.3 is 0 Å². The summed E-state index contributed by atoms with van der Waals surface area (Å²) in [6, 6.07) is 21.7. The highest BCUT2D eigenvalue weighted by Crippen LogP contribution is 2.27. The summed E-state index contributed by atoms with van der Waals surface area (Å²) in [6.45, 7) is 0.755. The Morgan fingerprint density at radius 1 is 1.00 bits per heavy atom. The lowest BCUT2D eigenvalue weighted by Gasteiger charge is -2.25. The number of para-hydroxylation sites is 1. The number of hydrazine groups is 1. The average Bonchev–Trinajstić information content (AvgIpc) is 2.77. The van der Waals surface area contributed by atoms with Crippen LogP contribution in [-0.4, -0.2) is 10.9 Å². The minimum atomic E-state index is -0.159. The number of amides is 1. The second-order valence-electron chi connectivity index (χ2n) is 7.02. The van der Waals surface area contributed by atoms with E-state index >= 15 is 0 Å². The van der Waals surface area contributed by atoms with Crippen LogP contribution in [0.5, 0.6) is 0 Å². The van der Waals surface area contributed by atoms with Crippen LogP contribution in [0.15, 0.2) is 72.9 Å². The molecule has 0 spiro atoms. The predicted molar refractivity (Wildman–Crippen MR) is 111 cm³/mol. The first-order chi connectivity index (χ1) is 13.8. The van der Waals surface area contributed by atoms with Gasteiger partial charge in [0, 0.05) is 18.3 Å². The maximum Gasteiger partial charge on any atom is 0.269 e. The maximum atomic E-state index is 12.3. The van der Waals surface area contributed by atoms with E-state index in [-0.39, 0.29) is 5.91 Å². The molecule has 0 saturated carbocycles. The number of benzene rings is 2. The summed E-state index contributed by atoms with van der Waals surface area (Å²) >= 11 is 0. The number of hydrogen-bond acceptors (Lipinski definition) is 4. The van der Waals surface area contributed by atoms with Crippen LogP contribution < -0.4 is 16.2 Å². The number of anilines is 1. The summed E-state index contributed by atoms with van der Waals surface area (Å²) in [5, 5.41) is 3.61. The zero-order valence-corrected chi connectivity index (χ0v) is 15.7. The smallest absolute Gasteiger partial charge is 0.269 e. The molecule has 1 unspecified atom stereocenters. The summed E-state index contributed by atoms with van der Waals surface area (Å²) in [5.74, 6) is -0.159. The van der Waals surface area contributed by atoms with E-state index in [9.17, 15) is 4.79 Å². The van der Waals surface area contributed by atoms with E-state index in [1.165, 1.54) is 17.7 Å². The highest BCUT2D eigenvalue weighted by atomic mass is 16.2. The molecular weight excluding hydrogens is 348 g/mol. The first-order valence-corrected chi connectivity index (χ1v) is 9.67. The Morgan fingerprint density at radius 2 is 1.82 bits per heavy atom. The monoisotopic (exact) mass is 372 g/mol. The van der Waals surface area contributed by atoms with Crippen molar-refractivity contribution in [3.05, 3.63) is 95.3 Å². The lowest BCUT2D eigenvalue weighted by molar-refractivity contribution is 0.0962. The zero-order valence-electron chi connectivity index (χ0n) is 15.7. The van der Waals surface area contributed by atoms with E-state index < -0.39 is 0 Å². The van der Waals surface area contributed by atoms with E-state index in [0.717, 1.165) is 30.6 Å². The van der Waals surface area contributed by atoms with E-state index in [0.29, 0.717) is 11.6 Å². The Hall–Kier alpha value is -3.18. The third-order valence-corrected chi connectivity index (χ3v) is 5.06. The minimum Gasteiger partial charge on any atom is -0.305 e. The van der Waals surface area contributed by atoms with Crippen LogP contribution in [0.25, 0.3) is 0 Å². The molecule has 2 aromatic carbocycles. The number of nitrogens with one attached hydrogen (secondary N) is 3. The number of aryl methyl sites for hydroxylation is 1. The Kier molecular flexibility index (Phi) is 5.64. The highest BCUT2D eigenvalue weighted by Gasteiger charge is 2.20. The molecule has 1 aliphatic rings. The van der Waals surface area contributed by atoms with Gasteiger partial charge in [0.05, 0.1) is 17.4 Å². The molecule has 0 bridgehead atoms. The zero-order chi connectivity index (χ0) is 19.2. The van der Waals surface area contributed by atoms with Crippen LogP contribution >= 0.6 is 0 Å². The van der Waals surface area contributed by atoms with Crippen molar-refractivity contribution in [3.8, 4) is 0 Å².